The molecule has 2 aromatic rings. The highest BCUT2D eigenvalue weighted by Crippen LogP contribution is 2.33. The number of nitrogens with two attached hydrogens (primary N) is 1. The zero-order chi connectivity index (χ0) is 9.97. The number of nitriles is 1. The van der Waals surface area contributed by atoms with Crippen LogP contribution in [-0.4, -0.2) is 0 Å². The average molecular weight is 200 g/mol. The Balaban J connectivity index is 2.54. The lowest BCUT2D eigenvalue weighted by molar-refractivity contribution is 1.52. The molecule has 0 radical (unpaired) electrons. The Labute approximate surface area is 86.2 Å². The molecular formula is C11H8N2S. The van der Waals surface area contributed by atoms with Crippen molar-refractivity contribution in [1.82, 2.24) is 0 Å². The fourth-order valence-electron chi connectivity index (χ4n) is 1.29. The van der Waals surface area contributed by atoms with Crippen LogP contribution in [0.15, 0.2) is 35.7 Å². The van der Waals surface area contributed by atoms with Crippen molar-refractivity contribution < 1.29 is 0 Å². The summed E-state index contributed by atoms with van der Waals surface area (Å²) in [6.45, 7) is 0. The van der Waals surface area contributed by atoms with Crippen molar-refractivity contribution in [1.29, 1.82) is 5.26 Å². The Kier molecular flexibility index (Phi) is 2.21. The summed E-state index contributed by atoms with van der Waals surface area (Å²) in [4.78, 5) is 0.587. The highest BCUT2D eigenvalue weighted by atomic mass is 32.1. The van der Waals surface area contributed by atoms with Gasteiger partial charge in [-0.3, -0.25) is 0 Å². The first-order chi connectivity index (χ1) is 6.83. The second kappa shape index (κ2) is 3.52. The molecule has 0 unspecified atom stereocenters. The number of thiophene rings is 1. The second-order valence-corrected chi connectivity index (χ2v) is 3.75. The molecule has 0 amide bonds. The first-order valence-corrected chi connectivity index (χ1v) is 5.03. The van der Waals surface area contributed by atoms with Crippen molar-refractivity contribution in [2.75, 3.05) is 5.73 Å². The van der Waals surface area contributed by atoms with E-state index in [0.29, 0.717) is 10.6 Å². The van der Waals surface area contributed by atoms with Gasteiger partial charge in [0.05, 0.1) is 5.69 Å². The standard InChI is InChI=1S/C11H8N2S/c12-6-10-11(13)9(7-14-10)8-4-2-1-3-5-8/h1-5,7H,13H2. The summed E-state index contributed by atoms with van der Waals surface area (Å²) < 4.78 is 0. The van der Waals surface area contributed by atoms with Gasteiger partial charge < -0.3 is 5.73 Å². The summed E-state index contributed by atoms with van der Waals surface area (Å²) in [7, 11) is 0. The third kappa shape index (κ3) is 1.36. The number of nitrogen functional groups attached to an aromatic ring is 1. The van der Waals surface area contributed by atoms with Gasteiger partial charge in [-0.15, -0.1) is 11.3 Å². The second-order valence-electron chi connectivity index (χ2n) is 2.87. The van der Waals surface area contributed by atoms with Crippen LogP contribution in [0.3, 0.4) is 0 Å². The van der Waals surface area contributed by atoms with Crippen molar-refractivity contribution in [3.05, 3.63) is 40.6 Å². The summed E-state index contributed by atoms with van der Waals surface area (Å²) in [5.74, 6) is 0. The Morgan fingerprint density at radius 2 is 1.93 bits per heavy atom. The van der Waals surface area contributed by atoms with Gasteiger partial charge in [0, 0.05) is 10.9 Å². The van der Waals surface area contributed by atoms with E-state index in [-0.39, 0.29) is 0 Å². The van der Waals surface area contributed by atoms with Crippen LogP contribution in [0.1, 0.15) is 4.88 Å². The number of hydrogen-bond acceptors (Lipinski definition) is 3. The zero-order valence-electron chi connectivity index (χ0n) is 7.40. The molecule has 0 saturated heterocycles. The molecule has 0 aliphatic heterocycles. The molecule has 14 heavy (non-hydrogen) atoms. The van der Waals surface area contributed by atoms with E-state index >= 15 is 0 Å². The molecule has 1 aromatic carbocycles. The van der Waals surface area contributed by atoms with Gasteiger partial charge in [-0.2, -0.15) is 5.26 Å². The van der Waals surface area contributed by atoms with Crippen molar-refractivity contribution in [3.63, 3.8) is 0 Å². The van der Waals surface area contributed by atoms with Gasteiger partial charge in [0.2, 0.25) is 0 Å². The highest BCUT2D eigenvalue weighted by molar-refractivity contribution is 7.11. The zero-order valence-corrected chi connectivity index (χ0v) is 8.21. The predicted molar refractivity (Wildman–Crippen MR) is 58.9 cm³/mol. The number of anilines is 1. The van der Waals surface area contributed by atoms with Crippen molar-refractivity contribution >= 4 is 17.0 Å². The molecule has 68 valence electrons. The lowest BCUT2D eigenvalue weighted by atomic mass is 10.1. The largest absolute Gasteiger partial charge is 0.396 e. The minimum Gasteiger partial charge on any atom is -0.396 e. The van der Waals surface area contributed by atoms with Crippen LogP contribution in [0.25, 0.3) is 11.1 Å². The van der Waals surface area contributed by atoms with Crippen LogP contribution >= 0.6 is 11.3 Å². The molecule has 0 bridgehead atoms. The molecule has 2 rings (SSSR count). The van der Waals surface area contributed by atoms with Crippen LogP contribution in [0, 0.1) is 11.3 Å². The van der Waals surface area contributed by atoms with Crippen molar-refractivity contribution in [3.8, 4) is 17.2 Å². The summed E-state index contributed by atoms with van der Waals surface area (Å²) in [6, 6.07) is 11.9. The summed E-state index contributed by atoms with van der Waals surface area (Å²) >= 11 is 1.38. The lowest BCUT2D eigenvalue weighted by Gasteiger charge is -1.98. The SMILES string of the molecule is N#Cc1scc(-c2ccccc2)c1N. The molecule has 0 saturated carbocycles. The molecule has 1 heterocycles. The van der Waals surface area contributed by atoms with Crippen LogP contribution in [0.5, 0.6) is 0 Å². The molecule has 2 N–H and O–H groups in total. The minimum absolute atomic E-state index is 0.587. The summed E-state index contributed by atoms with van der Waals surface area (Å²) in [5.41, 5.74) is 8.43. The van der Waals surface area contributed by atoms with Crippen LogP contribution in [0.4, 0.5) is 5.69 Å². The summed E-state index contributed by atoms with van der Waals surface area (Å²) in [5, 5.41) is 10.7. The smallest absolute Gasteiger partial charge is 0.128 e. The molecule has 1 aromatic heterocycles. The Morgan fingerprint density at radius 3 is 2.50 bits per heavy atom. The van der Waals surface area contributed by atoms with Crippen LogP contribution in [0.2, 0.25) is 0 Å². The van der Waals surface area contributed by atoms with Gasteiger partial charge >= 0.3 is 0 Å². The van der Waals surface area contributed by atoms with Gasteiger partial charge in [-0.25, -0.2) is 0 Å². The Bertz CT molecular complexity index is 480. The van der Waals surface area contributed by atoms with Crippen molar-refractivity contribution in [2.45, 2.75) is 0 Å². The van der Waals surface area contributed by atoms with Crippen LogP contribution < -0.4 is 5.73 Å². The van der Waals surface area contributed by atoms with Gasteiger partial charge in [0.1, 0.15) is 10.9 Å². The fraction of sp³-hybridized carbons (Fsp3) is 0. The van der Waals surface area contributed by atoms with E-state index in [1.807, 2.05) is 35.7 Å². The molecule has 2 nitrogen and oxygen atoms in total. The van der Waals surface area contributed by atoms with E-state index in [9.17, 15) is 0 Å². The molecule has 0 atom stereocenters. The minimum atomic E-state index is 0.587. The Hall–Kier alpha value is -1.79. The first-order valence-electron chi connectivity index (χ1n) is 4.15. The van der Waals surface area contributed by atoms with Gasteiger partial charge in [0.15, 0.2) is 0 Å². The number of nitrogens with zero attached hydrogens (tertiary/aromatic N) is 1. The van der Waals surface area contributed by atoms with Crippen LogP contribution in [-0.2, 0) is 0 Å². The predicted octanol–water partition coefficient (Wildman–Crippen LogP) is 2.87. The third-order valence-electron chi connectivity index (χ3n) is 2.02. The molecule has 0 fully saturated rings. The average Bonchev–Trinajstić information content (AvgIpc) is 2.61. The van der Waals surface area contributed by atoms with Gasteiger partial charge in [0.25, 0.3) is 0 Å². The number of rotatable bonds is 1. The molecule has 0 spiro atoms. The maximum Gasteiger partial charge on any atom is 0.128 e. The molecular weight excluding hydrogens is 192 g/mol. The first kappa shape index (κ1) is 8.79. The topological polar surface area (TPSA) is 49.8 Å². The maximum absolute atomic E-state index is 8.76. The van der Waals surface area contributed by atoms with E-state index in [1.165, 1.54) is 11.3 Å². The molecule has 3 heteroatoms. The third-order valence-corrected chi connectivity index (χ3v) is 2.92. The normalized spacial score (nSPS) is 9.64. The van der Waals surface area contributed by atoms with Gasteiger partial charge in [-0.05, 0) is 5.56 Å². The molecule has 0 aliphatic rings. The highest BCUT2D eigenvalue weighted by Gasteiger charge is 2.08. The number of benzene rings is 1. The lowest BCUT2D eigenvalue weighted by Crippen LogP contribution is -1.87. The van der Waals surface area contributed by atoms with E-state index in [1.54, 1.807) is 0 Å². The molecule has 0 aliphatic carbocycles. The van der Waals surface area contributed by atoms with E-state index in [2.05, 4.69) is 6.07 Å². The quantitative estimate of drug-likeness (QED) is 0.769. The van der Waals surface area contributed by atoms with E-state index in [0.717, 1.165) is 11.1 Å². The van der Waals surface area contributed by atoms with Gasteiger partial charge in [-0.1, -0.05) is 30.3 Å². The number of hydrogen-bond donors (Lipinski definition) is 1. The Morgan fingerprint density at radius 1 is 1.21 bits per heavy atom. The maximum atomic E-state index is 8.76. The monoisotopic (exact) mass is 200 g/mol. The van der Waals surface area contributed by atoms with E-state index in [4.69, 9.17) is 11.0 Å². The fourth-order valence-corrected chi connectivity index (χ4v) is 2.08. The van der Waals surface area contributed by atoms with Crippen molar-refractivity contribution in [2.24, 2.45) is 0 Å². The van der Waals surface area contributed by atoms with E-state index < -0.39 is 0 Å². The summed E-state index contributed by atoms with van der Waals surface area (Å²) in [6.07, 6.45) is 0.